The van der Waals surface area contributed by atoms with E-state index < -0.39 is 18.1 Å². The Morgan fingerprint density at radius 1 is 1.79 bits per heavy atom. The number of aliphatic hydroxyl groups is 1. The molecule has 2 unspecified atom stereocenters. The van der Waals surface area contributed by atoms with E-state index in [0.717, 1.165) is 0 Å². The Morgan fingerprint density at radius 3 is 2.93 bits per heavy atom. The zero-order valence-corrected chi connectivity index (χ0v) is 8.14. The molecule has 78 valence electrons. The average molecular weight is 199 g/mol. The summed E-state index contributed by atoms with van der Waals surface area (Å²) >= 11 is 0. The molecule has 0 radical (unpaired) electrons. The maximum absolute atomic E-state index is 11.4. The largest absolute Gasteiger partial charge is 0.467 e. The molecule has 5 nitrogen and oxygen atoms in total. The number of hydrogen-bond donors (Lipinski definition) is 1. The van der Waals surface area contributed by atoms with Gasteiger partial charge in [-0.05, 0) is 13.0 Å². The van der Waals surface area contributed by atoms with Crippen LogP contribution in [0.15, 0.2) is 12.3 Å². The Morgan fingerprint density at radius 2 is 2.43 bits per heavy atom. The number of carbonyl (C=O) groups excluding carboxylic acids is 2. The first-order chi connectivity index (χ1) is 6.56. The van der Waals surface area contributed by atoms with E-state index in [1.54, 1.807) is 6.92 Å². The molecule has 1 amide bonds. The molecule has 0 aromatic heterocycles. The number of esters is 1. The van der Waals surface area contributed by atoms with Crippen molar-refractivity contribution in [3.05, 3.63) is 12.3 Å². The van der Waals surface area contributed by atoms with Crippen LogP contribution in [0.2, 0.25) is 0 Å². The van der Waals surface area contributed by atoms with E-state index in [9.17, 15) is 9.59 Å². The Bertz CT molecular complexity index is 274. The number of hydrogen-bond acceptors (Lipinski definition) is 4. The summed E-state index contributed by atoms with van der Waals surface area (Å²) in [6, 6.07) is -0.642. The van der Waals surface area contributed by atoms with Gasteiger partial charge < -0.3 is 14.7 Å². The standard InChI is InChI=1S/C9H13NO4/c1-6(9(13)14-2)10-4-3-7(11)5-8(10)12/h3-4,6-7,11H,5H2,1-2H3. The van der Waals surface area contributed by atoms with Gasteiger partial charge in [0, 0.05) is 6.20 Å². The number of ether oxygens (including phenoxy) is 1. The SMILES string of the molecule is COC(=O)C(C)N1C=CC(O)CC1=O. The number of carbonyl (C=O) groups is 2. The van der Waals surface area contributed by atoms with Crippen molar-refractivity contribution in [2.75, 3.05) is 7.11 Å². The van der Waals surface area contributed by atoms with E-state index in [2.05, 4.69) is 4.74 Å². The molecule has 1 N–H and O–H groups in total. The van der Waals surface area contributed by atoms with Gasteiger partial charge in [-0.1, -0.05) is 0 Å². The third kappa shape index (κ3) is 2.11. The molecule has 0 fully saturated rings. The molecule has 0 bridgehead atoms. The highest BCUT2D eigenvalue weighted by molar-refractivity contribution is 5.86. The highest BCUT2D eigenvalue weighted by Gasteiger charge is 2.28. The lowest BCUT2D eigenvalue weighted by Gasteiger charge is -2.27. The third-order valence-corrected chi connectivity index (χ3v) is 2.10. The fourth-order valence-corrected chi connectivity index (χ4v) is 1.26. The Kier molecular flexibility index (Phi) is 3.24. The van der Waals surface area contributed by atoms with Gasteiger partial charge in [0.2, 0.25) is 5.91 Å². The summed E-state index contributed by atoms with van der Waals surface area (Å²) in [6.45, 7) is 1.58. The molecule has 0 saturated carbocycles. The predicted molar refractivity (Wildman–Crippen MR) is 48.1 cm³/mol. The summed E-state index contributed by atoms with van der Waals surface area (Å²) in [5.74, 6) is -0.753. The number of rotatable bonds is 2. The second-order valence-electron chi connectivity index (χ2n) is 3.11. The third-order valence-electron chi connectivity index (χ3n) is 2.10. The zero-order valence-electron chi connectivity index (χ0n) is 8.14. The number of aliphatic hydroxyl groups excluding tert-OH is 1. The van der Waals surface area contributed by atoms with Crippen LogP contribution in [0, 0.1) is 0 Å². The van der Waals surface area contributed by atoms with Crippen molar-refractivity contribution in [2.24, 2.45) is 0 Å². The quantitative estimate of drug-likeness (QED) is 0.617. The number of amides is 1. The van der Waals surface area contributed by atoms with Gasteiger partial charge >= 0.3 is 5.97 Å². The fourth-order valence-electron chi connectivity index (χ4n) is 1.26. The summed E-state index contributed by atoms with van der Waals surface area (Å²) in [5.41, 5.74) is 0. The van der Waals surface area contributed by atoms with E-state index in [-0.39, 0.29) is 12.3 Å². The topological polar surface area (TPSA) is 66.8 Å². The van der Waals surface area contributed by atoms with Crippen LogP contribution in [-0.2, 0) is 14.3 Å². The van der Waals surface area contributed by atoms with Crippen LogP contribution in [0.5, 0.6) is 0 Å². The fraction of sp³-hybridized carbons (Fsp3) is 0.556. The Balaban J connectivity index is 2.73. The molecule has 1 aliphatic rings. The van der Waals surface area contributed by atoms with Crippen LogP contribution in [0.4, 0.5) is 0 Å². The molecule has 1 aliphatic heterocycles. The first-order valence-corrected chi connectivity index (χ1v) is 4.31. The van der Waals surface area contributed by atoms with Crippen LogP contribution in [0.1, 0.15) is 13.3 Å². The van der Waals surface area contributed by atoms with Gasteiger partial charge in [0.25, 0.3) is 0 Å². The Labute approximate surface area is 82.0 Å². The number of nitrogens with zero attached hydrogens (tertiary/aromatic N) is 1. The minimum Gasteiger partial charge on any atom is -0.467 e. The van der Waals surface area contributed by atoms with Crippen molar-refractivity contribution in [3.8, 4) is 0 Å². The maximum atomic E-state index is 11.4. The lowest BCUT2D eigenvalue weighted by molar-refractivity contribution is -0.150. The molecule has 5 heteroatoms. The van der Waals surface area contributed by atoms with Gasteiger partial charge in [-0.25, -0.2) is 4.79 Å². The molecule has 0 spiro atoms. The van der Waals surface area contributed by atoms with Gasteiger partial charge in [0.15, 0.2) is 0 Å². The van der Waals surface area contributed by atoms with E-state index in [1.165, 1.54) is 24.3 Å². The van der Waals surface area contributed by atoms with Gasteiger partial charge in [-0.2, -0.15) is 0 Å². The van der Waals surface area contributed by atoms with Gasteiger partial charge in [0.1, 0.15) is 6.04 Å². The smallest absolute Gasteiger partial charge is 0.328 e. The van der Waals surface area contributed by atoms with Crippen LogP contribution in [-0.4, -0.2) is 41.1 Å². The van der Waals surface area contributed by atoms with Crippen LogP contribution in [0.25, 0.3) is 0 Å². The van der Waals surface area contributed by atoms with E-state index in [0.29, 0.717) is 0 Å². The van der Waals surface area contributed by atoms with Crippen LogP contribution < -0.4 is 0 Å². The highest BCUT2D eigenvalue weighted by Crippen LogP contribution is 2.12. The molecule has 2 atom stereocenters. The molecule has 0 aromatic carbocycles. The van der Waals surface area contributed by atoms with E-state index >= 15 is 0 Å². The highest BCUT2D eigenvalue weighted by atomic mass is 16.5. The molecule has 0 saturated heterocycles. The first kappa shape index (κ1) is 10.7. The lowest BCUT2D eigenvalue weighted by atomic mass is 10.1. The van der Waals surface area contributed by atoms with Crippen molar-refractivity contribution >= 4 is 11.9 Å². The van der Waals surface area contributed by atoms with Crippen LogP contribution in [0.3, 0.4) is 0 Å². The molecule has 1 rings (SSSR count). The van der Waals surface area contributed by atoms with Crippen molar-refractivity contribution < 1.29 is 19.4 Å². The van der Waals surface area contributed by atoms with Crippen molar-refractivity contribution in [1.29, 1.82) is 0 Å². The lowest BCUT2D eigenvalue weighted by Crippen LogP contribution is -2.43. The van der Waals surface area contributed by atoms with E-state index in [1.807, 2.05) is 0 Å². The average Bonchev–Trinajstić information content (AvgIpc) is 2.15. The second-order valence-corrected chi connectivity index (χ2v) is 3.11. The molecule has 1 heterocycles. The van der Waals surface area contributed by atoms with Crippen molar-refractivity contribution in [3.63, 3.8) is 0 Å². The molecular weight excluding hydrogens is 186 g/mol. The summed E-state index contributed by atoms with van der Waals surface area (Å²) in [5, 5.41) is 9.12. The van der Waals surface area contributed by atoms with Crippen molar-refractivity contribution in [1.82, 2.24) is 4.90 Å². The minimum absolute atomic E-state index is 0.0117. The normalized spacial score (nSPS) is 23.5. The molecule has 0 aromatic rings. The first-order valence-electron chi connectivity index (χ1n) is 4.31. The van der Waals surface area contributed by atoms with Gasteiger partial charge in [-0.3, -0.25) is 4.79 Å². The molecular formula is C9H13NO4. The van der Waals surface area contributed by atoms with Gasteiger partial charge in [0.05, 0.1) is 19.6 Å². The maximum Gasteiger partial charge on any atom is 0.328 e. The summed E-state index contributed by atoms with van der Waals surface area (Å²) < 4.78 is 4.51. The van der Waals surface area contributed by atoms with Crippen molar-refractivity contribution in [2.45, 2.75) is 25.5 Å². The van der Waals surface area contributed by atoms with Gasteiger partial charge in [-0.15, -0.1) is 0 Å². The Hall–Kier alpha value is -1.36. The second kappa shape index (κ2) is 4.23. The molecule has 0 aliphatic carbocycles. The minimum atomic E-state index is -0.747. The summed E-state index contributed by atoms with van der Waals surface area (Å²) in [7, 11) is 1.27. The summed E-state index contributed by atoms with van der Waals surface area (Å²) in [6.07, 6.45) is 2.15. The predicted octanol–water partition coefficient (Wildman–Crippen LogP) is -0.345. The molecule has 14 heavy (non-hydrogen) atoms. The number of methoxy groups -OCH3 is 1. The van der Waals surface area contributed by atoms with E-state index in [4.69, 9.17) is 5.11 Å². The summed E-state index contributed by atoms with van der Waals surface area (Å²) in [4.78, 5) is 23.8. The zero-order chi connectivity index (χ0) is 10.7. The monoisotopic (exact) mass is 199 g/mol. The van der Waals surface area contributed by atoms with Crippen LogP contribution >= 0.6 is 0 Å².